The van der Waals surface area contributed by atoms with Crippen molar-refractivity contribution in [1.82, 2.24) is 0 Å². The highest BCUT2D eigenvalue weighted by atomic mass is 16.3. The smallest absolute Gasteiger partial charge is 0.115 e. The monoisotopic (exact) mass is 269 g/mol. The molecule has 0 amide bonds. The van der Waals surface area contributed by atoms with Gasteiger partial charge in [-0.15, -0.1) is 0 Å². The van der Waals surface area contributed by atoms with Gasteiger partial charge in [-0.05, 0) is 56.0 Å². The minimum Gasteiger partial charge on any atom is -0.508 e. The van der Waals surface area contributed by atoms with Gasteiger partial charge in [-0.3, -0.25) is 0 Å². The normalized spacial score (nSPS) is 12.2. The topological polar surface area (TPSA) is 23.5 Å². The van der Waals surface area contributed by atoms with E-state index >= 15 is 0 Å². The molecule has 0 saturated carbocycles. The number of aryl methyl sites for hydroxylation is 2. The maximum absolute atomic E-state index is 9.29. The van der Waals surface area contributed by atoms with Gasteiger partial charge in [0, 0.05) is 18.8 Å². The zero-order chi connectivity index (χ0) is 14.5. The highest BCUT2D eigenvalue weighted by Crippen LogP contribution is 2.22. The molecule has 0 aliphatic rings. The Morgan fingerprint density at radius 2 is 1.70 bits per heavy atom. The van der Waals surface area contributed by atoms with E-state index in [1.54, 1.807) is 12.1 Å². The molecule has 0 radical (unpaired) electrons. The van der Waals surface area contributed by atoms with Gasteiger partial charge in [0.15, 0.2) is 0 Å². The number of hydrogen-bond acceptors (Lipinski definition) is 2. The molecule has 0 heterocycles. The molecule has 0 aliphatic carbocycles. The lowest BCUT2D eigenvalue weighted by Crippen LogP contribution is -2.29. The second-order valence-corrected chi connectivity index (χ2v) is 5.45. The van der Waals surface area contributed by atoms with Gasteiger partial charge >= 0.3 is 0 Å². The van der Waals surface area contributed by atoms with Crippen molar-refractivity contribution in [2.75, 3.05) is 11.9 Å². The predicted molar refractivity (Wildman–Crippen MR) is 85.5 cm³/mol. The first-order chi connectivity index (χ1) is 9.58. The largest absolute Gasteiger partial charge is 0.508 e. The molecule has 2 heteroatoms. The van der Waals surface area contributed by atoms with Gasteiger partial charge in [0.25, 0.3) is 0 Å². The second-order valence-electron chi connectivity index (χ2n) is 5.45. The number of aromatic hydroxyl groups is 1. The van der Waals surface area contributed by atoms with Gasteiger partial charge in [0.1, 0.15) is 5.75 Å². The van der Waals surface area contributed by atoms with Crippen LogP contribution in [-0.4, -0.2) is 18.2 Å². The fourth-order valence-electron chi connectivity index (χ4n) is 2.43. The first-order valence-electron chi connectivity index (χ1n) is 7.14. The molecule has 1 unspecified atom stereocenters. The van der Waals surface area contributed by atoms with Crippen LogP contribution in [0.15, 0.2) is 48.5 Å². The number of nitrogens with zero attached hydrogens (tertiary/aromatic N) is 1. The zero-order valence-corrected chi connectivity index (χ0v) is 12.5. The number of para-hydroxylation sites is 1. The number of phenols is 1. The standard InChI is InChI=1S/C18H23NO/c1-14-6-4-5-7-18(14)19(3)15(2)8-9-16-10-12-17(20)13-11-16/h4-7,10-13,15,20H,8-9H2,1-3H3. The molecule has 106 valence electrons. The van der Waals surface area contributed by atoms with E-state index in [-0.39, 0.29) is 0 Å². The summed E-state index contributed by atoms with van der Waals surface area (Å²) in [6, 6.07) is 16.5. The Hall–Kier alpha value is -1.96. The zero-order valence-electron chi connectivity index (χ0n) is 12.5. The van der Waals surface area contributed by atoms with Crippen molar-refractivity contribution < 1.29 is 5.11 Å². The first-order valence-corrected chi connectivity index (χ1v) is 7.14. The Balaban J connectivity index is 1.96. The third kappa shape index (κ3) is 3.53. The highest BCUT2D eigenvalue weighted by Gasteiger charge is 2.11. The van der Waals surface area contributed by atoms with Crippen LogP contribution >= 0.6 is 0 Å². The summed E-state index contributed by atoms with van der Waals surface area (Å²) in [5.74, 6) is 0.332. The lowest BCUT2D eigenvalue weighted by Gasteiger charge is -2.28. The summed E-state index contributed by atoms with van der Waals surface area (Å²) in [6.07, 6.45) is 2.12. The molecule has 2 rings (SSSR count). The van der Waals surface area contributed by atoms with Gasteiger partial charge in [0.2, 0.25) is 0 Å². The molecule has 1 atom stereocenters. The Labute approximate surface area is 121 Å². The minimum atomic E-state index is 0.332. The summed E-state index contributed by atoms with van der Waals surface area (Å²) >= 11 is 0. The molecule has 2 aromatic carbocycles. The van der Waals surface area contributed by atoms with Gasteiger partial charge in [0.05, 0.1) is 0 Å². The average Bonchev–Trinajstić information content (AvgIpc) is 2.46. The lowest BCUT2D eigenvalue weighted by atomic mass is 10.0. The second kappa shape index (κ2) is 6.47. The van der Waals surface area contributed by atoms with Crippen molar-refractivity contribution in [2.24, 2.45) is 0 Å². The van der Waals surface area contributed by atoms with Crippen molar-refractivity contribution in [3.63, 3.8) is 0 Å². The maximum atomic E-state index is 9.29. The summed E-state index contributed by atoms with van der Waals surface area (Å²) < 4.78 is 0. The van der Waals surface area contributed by atoms with Gasteiger partial charge in [-0.2, -0.15) is 0 Å². The van der Waals surface area contributed by atoms with Crippen molar-refractivity contribution in [1.29, 1.82) is 0 Å². The number of phenolic OH excluding ortho intramolecular Hbond substituents is 1. The van der Waals surface area contributed by atoms with E-state index in [0.717, 1.165) is 12.8 Å². The van der Waals surface area contributed by atoms with Gasteiger partial charge in [-0.25, -0.2) is 0 Å². The third-order valence-corrected chi connectivity index (χ3v) is 3.94. The van der Waals surface area contributed by atoms with Crippen LogP contribution in [0.2, 0.25) is 0 Å². The lowest BCUT2D eigenvalue weighted by molar-refractivity contribution is 0.475. The van der Waals surface area contributed by atoms with Gasteiger partial charge in [-0.1, -0.05) is 30.3 Å². The Bertz CT molecular complexity index is 548. The molecule has 0 fully saturated rings. The molecule has 1 N–H and O–H groups in total. The summed E-state index contributed by atoms with van der Waals surface area (Å²) in [5, 5.41) is 9.29. The number of rotatable bonds is 5. The van der Waals surface area contributed by atoms with Gasteiger partial charge < -0.3 is 10.0 Å². The number of hydrogen-bond donors (Lipinski definition) is 1. The first kappa shape index (κ1) is 14.4. The van der Waals surface area contributed by atoms with E-state index in [9.17, 15) is 5.11 Å². The Kier molecular flexibility index (Phi) is 4.67. The van der Waals surface area contributed by atoms with Crippen LogP contribution in [0.3, 0.4) is 0 Å². The Morgan fingerprint density at radius 3 is 2.35 bits per heavy atom. The van der Waals surface area contributed by atoms with Crippen molar-refractivity contribution in [3.05, 3.63) is 59.7 Å². The molecular weight excluding hydrogens is 246 g/mol. The minimum absolute atomic E-state index is 0.332. The van der Waals surface area contributed by atoms with Crippen LogP contribution in [0.5, 0.6) is 5.75 Å². The highest BCUT2D eigenvalue weighted by molar-refractivity contribution is 5.52. The predicted octanol–water partition coefficient (Wildman–Crippen LogP) is 4.16. The number of anilines is 1. The van der Waals surface area contributed by atoms with Crippen molar-refractivity contribution in [2.45, 2.75) is 32.7 Å². The molecule has 0 saturated heterocycles. The van der Waals surface area contributed by atoms with E-state index in [2.05, 4.69) is 50.1 Å². The quantitative estimate of drug-likeness (QED) is 0.881. The SMILES string of the molecule is Cc1ccccc1N(C)C(C)CCc1ccc(O)cc1. The van der Waals surface area contributed by atoms with Crippen LogP contribution < -0.4 is 4.90 Å². The summed E-state index contributed by atoms with van der Waals surface area (Å²) in [7, 11) is 2.16. The molecular formula is C18H23NO. The molecule has 0 aliphatic heterocycles. The molecule has 0 spiro atoms. The van der Waals surface area contributed by atoms with Crippen LogP contribution in [0, 0.1) is 6.92 Å². The summed E-state index contributed by atoms with van der Waals surface area (Å²) in [4.78, 5) is 2.34. The maximum Gasteiger partial charge on any atom is 0.115 e. The molecule has 0 bridgehead atoms. The van der Waals surface area contributed by atoms with Crippen LogP contribution in [0.25, 0.3) is 0 Å². The average molecular weight is 269 g/mol. The molecule has 2 nitrogen and oxygen atoms in total. The van der Waals surface area contributed by atoms with E-state index in [0.29, 0.717) is 11.8 Å². The molecule has 0 aromatic heterocycles. The van der Waals surface area contributed by atoms with Crippen molar-refractivity contribution in [3.8, 4) is 5.75 Å². The van der Waals surface area contributed by atoms with Crippen molar-refractivity contribution >= 4 is 5.69 Å². The van der Waals surface area contributed by atoms with Crippen LogP contribution in [0.4, 0.5) is 5.69 Å². The van der Waals surface area contributed by atoms with E-state index < -0.39 is 0 Å². The van der Waals surface area contributed by atoms with Crippen LogP contribution in [0.1, 0.15) is 24.5 Å². The van der Waals surface area contributed by atoms with E-state index in [1.807, 2.05) is 12.1 Å². The summed E-state index contributed by atoms with van der Waals surface area (Å²) in [5.41, 5.74) is 3.88. The number of benzene rings is 2. The van der Waals surface area contributed by atoms with E-state index in [1.165, 1.54) is 16.8 Å². The Morgan fingerprint density at radius 1 is 1.05 bits per heavy atom. The fourth-order valence-corrected chi connectivity index (χ4v) is 2.43. The fraction of sp³-hybridized carbons (Fsp3) is 0.333. The summed E-state index contributed by atoms with van der Waals surface area (Å²) in [6.45, 7) is 4.41. The van der Waals surface area contributed by atoms with Crippen LogP contribution in [-0.2, 0) is 6.42 Å². The van der Waals surface area contributed by atoms with E-state index in [4.69, 9.17) is 0 Å². The molecule has 2 aromatic rings. The molecule has 20 heavy (non-hydrogen) atoms. The third-order valence-electron chi connectivity index (χ3n) is 3.94.